The van der Waals surface area contributed by atoms with Gasteiger partial charge in [-0.3, -0.25) is 14.9 Å². The molecule has 1 aliphatic heterocycles. The molecular formula is C24H36IN5O. The second-order valence-electron chi connectivity index (χ2n) is 8.56. The smallest absolute Gasteiger partial charge is 0.191 e. The number of aromatic nitrogens is 1. The molecule has 1 saturated heterocycles. The van der Waals surface area contributed by atoms with Crippen LogP contribution in [0.5, 0.6) is 5.75 Å². The molecule has 0 atom stereocenters. The van der Waals surface area contributed by atoms with Crippen molar-refractivity contribution < 1.29 is 4.74 Å². The number of piperidine rings is 1. The third-order valence-electron chi connectivity index (χ3n) is 5.81. The third-order valence-corrected chi connectivity index (χ3v) is 5.81. The predicted molar refractivity (Wildman–Crippen MR) is 138 cm³/mol. The van der Waals surface area contributed by atoms with Crippen LogP contribution in [0.1, 0.15) is 37.9 Å². The second-order valence-corrected chi connectivity index (χ2v) is 8.56. The van der Waals surface area contributed by atoms with Gasteiger partial charge in [0.05, 0.1) is 12.8 Å². The number of ether oxygens (including phenoxy) is 1. The maximum atomic E-state index is 5.38. The topological polar surface area (TPSA) is 61.8 Å². The number of likely N-dealkylation sites (tertiary alicyclic amines) is 1. The van der Waals surface area contributed by atoms with Gasteiger partial charge in [-0.2, -0.15) is 0 Å². The molecule has 0 saturated carbocycles. The summed E-state index contributed by atoms with van der Waals surface area (Å²) in [6.45, 7) is 8.32. The standard InChI is InChI=1S/C24H35N5O.HI/c1-24(2,19-8-7-10-22(16-19)30-4)18-27-23(25-3)28-20-11-14-29(15-12-20)17-21-9-5-6-13-26-21;/h5-10,13,16,20H,11-12,14-15,17-18H2,1-4H3,(H2,25,27,28);1H. The molecule has 6 nitrogen and oxygen atoms in total. The lowest BCUT2D eigenvalue weighted by Gasteiger charge is -2.33. The van der Waals surface area contributed by atoms with E-state index in [1.807, 2.05) is 31.4 Å². The monoisotopic (exact) mass is 537 g/mol. The molecule has 1 aromatic carbocycles. The maximum Gasteiger partial charge on any atom is 0.191 e. The molecule has 1 aliphatic rings. The quantitative estimate of drug-likeness (QED) is 0.320. The van der Waals surface area contributed by atoms with Gasteiger partial charge in [0.2, 0.25) is 0 Å². The van der Waals surface area contributed by atoms with Gasteiger partial charge in [-0.05, 0) is 42.7 Å². The van der Waals surface area contributed by atoms with E-state index in [0.29, 0.717) is 6.04 Å². The van der Waals surface area contributed by atoms with Crippen LogP contribution in [0.15, 0.2) is 53.7 Å². The summed E-state index contributed by atoms with van der Waals surface area (Å²) in [7, 11) is 3.54. The molecule has 2 aromatic rings. The highest BCUT2D eigenvalue weighted by molar-refractivity contribution is 14.0. The molecule has 0 spiro atoms. The summed E-state index contributed by atoms with van der Waals surface area (Å²) in [5.74, 6) is 1.76. The number of nitrogens with zero attached hydrogens (tertiary/aromatic N) is 3. The summed E-state index contributed by atoms with van der Waals surface area (Å²) in [5, 5.41) is 7.13. The highest BCUT2D eigenvalue weighted by atomic mass is 127. The average Bonchev–Trinajstić information content (AvgIpc) is 2.78. The van der Waals surface area contributed by atoms with Gasteiger partial charge >= 0.3 is 0 Å². The molecule has 0 bridgehead atoms. The van der Waals surface area contributed by atoms with Crippen LogP contribution in [0.3, 0.4) is 0 Å². The van der Waals surface area contributed by atoms with Crippen LogP contribution in [0.4, 0.5) is 0 Å². The number of hydrogen-bond acceptors (Lipinski definition) is 4. The number of benzene rings is 1. The Hall–Kier alpha value is -1.87. The van der Waals surface area contributed by atoms with Crippen molar-refractivity contribution in [2.75, 3.05) is 33.8 Å². The van der Waals surface area contributed by atoms with Crippen molar-refractivity contribution in [2.24, 2.45) is 4.99 Å². The van der Waals surface area contributed by atoms with Crippen LogP contribution < -0.4 is 15.4 Å². The van der Waals surface area contributed by atoms with Crippen molar-refractivity contribution in [1.82, 2.24) is 20.5 Å². The average molecular weight is 537 g/mol. The van der Waals surface area contributed by atoms with Gasteiger partial charge in [0.15, 0.2) is 5.96 Å². The van der Waals surface area contributed by atoms with Gasteiger partial charge in [0, 0.05) is 50.9 Å². The largest absolute Gasteiger partial charge is 0.497 e. The third kappa shape index (κ3) is 7.64. The SMILES string of the molecule is CN=C(NCC(C)(C)c1cccc(OC)c1)NC1CCN(Cc2ccccn2)CC1.I. The van der Waals surface area contributed by atoms with Crippen LogP contribution in [0, 0.1) is 0 Å². The maximum absolute atomic E-state index is 5.38. The van der Waals surface area contributed by atoms with Crippen LogP contribution in [-0.2, 0) is 12.0 Å². The van der Waals surface area contributed by atoms with Gasteiger partial charge in [-0.1, -0.05) is 32.0 Å². The Morgan fingerprint density at radius 1 is 1.19 bits per heavy atom. The normalized spacial score (nSPS) is 15.8. The van der Waals surface area contributed by atoms with Crippen LogP contribution in [0.25, 0.3) is 0 Å². The second kappa shape index (κ2) is 12.2. The lowest BCUT2D eigenvalue weighted by molar-refractivity contribution is 0.196. The number of halogens is 1. The van der Waals surface area contributed by atoms with E-state index in [9.17, 15) is 0 Å². The zero-order chi connectivity index (χ0) is 21.4. The first kappa shape index (κ1) is 25.4. The van der Waals surface area contributed by atoms with Crippen molar-refractivity contribution >= 4 is 29.9 Å². The minimum Gasteiger partial charge on any atom is -0.497 e. The molecule has 2 heterocycles. The van der Waals surface area contributed by atoms with Gasteiger partial charge in [0.25, 0.3) is 0 Å². The number of pyridine rings is 1. The van der Waals surface area contributed by atoms with E-state index in [1.54, 1.807) is 7.11 Å². The van der Waals surface area contributed by atoms with Gasteiger partial charge < -0.3 is 15.4 Å². The van der Waals surface area contributed by atoms with E-state index in [1.165, 1.54) is 5.56 Å². The van der Waals surface area contributed by atoms with E-state index in [4.69, 9.17) is 4.74 Å². The van der Waals surface area contributed by atoms with Gasteiger partial charge in [-0.15, -0.1) is 24.0 Å². The first-order valence-corrected chi connectivity index (χ1v) is 10.7. The highest BCUT2D eigenvalue weighted by Gasteiger charge is 2.23. The van der Waals surface area contributed by atoms with Crippen molar-refractivity contribution in [3.05, 3.63) is 59.9 Å². The first-order valence-electron chi connectivity index (χ1n) is 10.7. The Kier molecular flexibility index (Phi) is 10.0. The molecule has 0 aliphatic carbocycles. The molecule has 1 fully saturated rings. The van der Waals surface area contributed by atoms with Crippen molar-refractivity contribution in [3.8, 4) is 5.75 Å². The molecule has 7 heteroatoms. The van der Waals surface area contributed by atoms with Crippen molar-refractivity contribution in [3.63, 3.8) is 0 Å². The van der Waals surface area contributed by atoms with E-state index in [0.717, 1.165) is 56.4 Å². The minimum absolute atomic E-state index is 0. The fourth-order valence-electron chi connectivity index (χ4n) is 3.79. The Balaban J connectivity index is 0.00000341. The summed E-state index contributed by atoms with van der Waals surface area (Å²) in [6, 6.07) is 14.8. The Bertz CT molecular complexity index is 820. The van der Waals surface area contributed by atoms with Gasteiger partial charge in [0.1, 0.15) is 5.75 Å². The molecule has 1 aromatic heterocycles. The number of rotatable bonds is 7. The van der Waals surface area contributed by atoms with Crippen LogP contribution in [0.2, 0.25) is 0 Å². The van der Waals surface area contributed by atoms with E-state index in [-0.39, 0.29) is 29.4 Å². The Morgan fingerprint density at radius 2 is 1.97 bits per heavy atom. The predicted octanol–water partition coefficient (Wildman–Crippen LogP) is 3.82. The summed E-state index contributed by atoms with van der Waals surface area (Å²) in [6.07, 6.45) is 4.08. The fraction of sp³-hybridized carbons (Fsp3) is 0.500. The van der Waals surface area contributed by atoms with Gasteiger partial charge in [-0.25, -0.2) is 0 Å². The van der Waals surface area contributed by atoms with Crippen molar-refractivity contribution in [2.45, 2.75) is 44.7 Å². The first-order chi connectivity index (χ1) is 14.5. The van der Waals surface area contributed by atoms with E-state index >= 15 is 0 Å². The number of hydrogen-bond donors (Lipinski definition) is 2. The Labute approximate surface area is 203 Å². The summed E-state index contributed by atoms with van der Waals surface area (Å²) in [5.41, 5.74) is 2.34. The molecule has 0 amide bonds. The molecule has 3 rings (SSSR count). The molecule has 2 N–H and O–H groups in total. The highest BCUT2D eigenvalue weighted by Crippen LogP contribution is 2.25. The van der Waals surface area contributed by atoms with Crippen LogP contribution >= 0.6 is 24.0 Å². The molecule has 31 heavy (non-hydrogen) atoms. The molecule has 0 unspecified atom stereocenters. The number of guanidine groups is 1. The van der Waals surface area contributed by atoms with E-state index < -0.39 is 0 Å². The van der Waals surface area contributed by atoms with Crippen molar-refractivity contribution in [1.29, 1.82) is 0 Å². The lowest BCUT2D eigenvalue weighted by atomic mass is 9.84. The molecule has 170 valence electrons. The summed E-state index contributed by atoms with van der Waals surface area (Å²) in [4.78, 5) is 11.4. The number of aliphatic imine (C=N–C) groups is 1. The lowest BCUT2D eigenvalue weighted by Crippen LogP contribution is -2.50. The minimum atomic E-state index is -0.0434. The zero-order valence-corrected chi connectivity index (χ0v) is 21.4. The molecular weight excluding hydrogens is 501 g/mol. The summed E-state index contributed by atoms with van der Waals surface area (Å²) < 4.78 is 5.38. The van der Waals surface area contributed by atoms with E-state index in [2.05, 4.69) is 63.6 Å². The number of methoxy groups -OCH3 is 1. The molecule has 0 radical (unpaired) electrons. The number of nitrogens with one attached hydrogen (secondary N) is 2. The Morgan fingerprint density at radius 3 is 2.61 bits per heavy atom. The summed E-state index contributed by atoms with van der Waals surface area (Å²) >= 11 is 0. The fourth-order valence-corrected chi connectivity index (χ4v) is 3.79. The van der Waals surface area contributed by atoms with Crippen LogP contribution in [-0.4, -0.2) is 55.7 Å². The zero-order valence-electron chi connectivity index (χ0n) is 19.1.